The van der Waals surface area contributed by atoms with Gasteiger partial charge >= 0.3 is 0 Å². The van der Waals surface area contributed by atoms with Crippen LogP contribution in [0.25, 0.3) is 0 Å². The Bertz CT molecular complexity index is 844. The van der Waals surface area contributed by atoms with Gasteiger partial charge in [-0.15, -0.1) is 10.2 Å². The number of hydrogen-bond donors (Lipinski definition) is 1. The molecule has 0 radical (unpaired) electrons. The third-order valence-electron chi connectivity index (χ3n) is 4.05. The number of carbonyl (C=O) groups excluding carboxylic acids is 1. The van der Waals surface area contributed by atoms with E-state index in [9.17, 15) is 4.79 Å². The SMILES string of the molecule is O=C(NCc1ccco1)c1ccc(N2CCc3ccccc32)nn1. The highest BCUT2D eigenvalue weighted by molar-refractivity contribution is 5.92. The van der Waals surface area contributed by atoms with Crippen molar-refractivity contribution in [3.63, 3.8) is 0 Å². The number of hydrogen-bond acceptors (Lipinski definition) is 5. The molecule has 0 atom stereocenters. The number of amides is 1. The maximum Gasteiger partial charge on any atom is 0.272 e. The molecule has 1 aliphatic heterocycles. The number of anilines is 2. The average Bonchev–Trinajstić information content (AvgIpc) is 3.29. The van der Waals surface area contributed by atoms with Crippen LogP contribution in [0.4, 0.5) is 11.5 Å². The van der Waals surface area contributed by atoms with Crippen molar-refractivity contribution in [2.75, 3.05) is 11.4 Å². The van der Waals surface area contributed by atoms with Crippen LogP contribution in [0.3, 0.4) is 0 Å². The maximum absolute atomic E-state index is 12.1. The summed E-state index contributed by atoms with van der Waals surface area (Å²) in [5.41, 5.74) is 2.75. The number of nitrogens with one attached hydrogen (secondary N) is 1. The summed E-state index contributed by atoms with van der Waals surface area (Å²) in [5, 5.41) is 11.0. The lowest BCUT2D eigenvalue weighted by Gasteiger charge is -2.17. The first kappa shape index (κ1) is 14.4. The molecule has 1 N–H and O–H groups in total. The third kappa shape index (κ3) is 2.74. The van der Waals surface area contributed by atoms with Gasteiger partial charge < -0.3 is 14.6 Å². The molecule has 0 unspecified atom stereocenters. The number of fused-ring (bicyclic) bond motifs is 1. The zero-order chi connectivity index (χ0) is 16.4. The minimum Gasteiger partial charge on any atom is -0.467 e. The largest absolute Gasteiger partial charge is 0.467 e. The molecule has 6 nitrogen and oxygen atoms in total. The molecule has 0 saturated carbocycles. The van der Waals surface area contributed by atoms with Gasteiger partial charge in [0.05, 0.1) is 12.8 Å². The third-order valence-corrected chi connectivity index (χ3v) is 4.05. The molecule has 4 rings (SSSR count). The fourth-order valence-electron chi connectivity index (χ4n) is 2.84. The van der Waals surface area contributed by atoms with Gasteiger partial charge in [0.15, 0.2) is 11.5 Å². The van der Waals surface area contributed by atoms with E-state index in [1.165, 1.54) is 5.56 Å². The molecule has 0 fully saturated rings. The van der Waals surface area contributed by atoms with Gasteiger partial charge in [0.2, 0.25) is 0 Å². The van der Waals surface area contributed by atoms with E-state index >= 15 is 0 Å². The highest BCUT2D eigenvalue weighted by Crippen LogP contribution is 2.32. The van der Waals surface area contributed by atoms with E-state index in [1.807, 2.05) is 18.2 Å². The number of carbonyl (C=O) groups is 1. The summed E-state index contributed by atoms with van der Waals surface area (Å²) < 4.78 is 5.18. The Morgan fingerprint density at radius 2 is 2.04 bits per heavy atom. The van der Waals surface area contributed by atoms with Crippen LogP contribution in [0.2, 0.25) is 0 Å². The van der Waals surface area contributed by atoms with Crippen molar-refractivity contribution in [1.82, 2.24) is 15.5 Å². The van der Waals surface area contributed by atoms with E-state index in [0.29, 0.717) is 12.3 Å². The van der Waals surface area contributed by atoms with Crippen LogP contribution in [-0.4, -0.2) is 22.6 Å². The summed E-state index contributed by atoms with van der Waals surface area (Å²) in [6.07, 6.45) is 2.56. The monoisotopic (exact) mass is 320 g/mol. The second kappa shape index (κ2) is 6.16. The molecule has 0 bridgehead atoms. The van der Waals surface area contributed by atoms with Crippen LogP contribution >= 0.6 is 0 Å². The van der Waals surface area contributed by atoms with E-state index in [0.717, 1.165) is 24.5 Å². The first-order valence-corrected chi connectivity index (χ1v) is 7.81. The zero-order valence-electron chi connectivity index (χ0n) is 13.0. The minimum absolute atomic E-state index is 0.271. The molecule has 1 aromatic carbocycles. The number of benzene rings is 1. The van der Waals surface area contributed by atoms with Gasteiger partial charge in [0, 0.05) is 12.2 Å². The molecule has 0 saturated heterocycles. The van der Waals surface area contributed by atoms with Gasteiger partial charge in [0.1, 0.15) is 5.76 Å². The first-order valence-electron chi connectivity index (χ1n) is 7.81. The summed E-state index contributed by atoms with van der Waals surface area (Å²) in [5.74, 6) is 1.18. The van der Waals surface area contributed by atoms with E-state index in [2.05, 4.69) is 32.5 Å². The van der Waals surface area contributed by atoms with Gasteiger partial charge in [-0.05, 0) is 42.3 Å². The first-order chi connectivity index (χ1) is 11.8. The predicted molar refractivity (Wildman–Crippen MR) is 89.1 cm³/mol. The second-order valence-electron chi connectivity index (χ2n) is 5.57. The standard InChI is InChI=1S/C18H16N4O2/c23-18(19-12-14-5-3-11-24-14)15-7-8-17(21-20-15)22-10-9-13-4-1-2-6-16(13)22/h1-8,11H,9-10,12H2,(H,19,23). The highest BCUT2D eigenvalue weighted by atomic mass is 16.3. The molecule has 6 heteroatoms. The second-order valence-corrected chi connectivity index (χ2v) is 5.57. The summed E-state index contributed by atoms with van der Waals surface area (Å²) in [4.78, 5) is 14.2. The predicted octanol–water partition coefficient (Wildman–Crippen LogP) is 2.69. The van der Waals surface area contributed by atoms with Gasteiger partial charge in [-0.2, -0.15) is 0 Å². The van der Waals surface area contributed by atoms with Gasteiger partial charge in [-0.3, -0.25) is 4.79 Å². The van der Waals surface area contributed by atoms with Gasteiger partial charge in [-0.1, -0.05) is 18.2 Å². The fourth-order valence-corrected chi connectivity index (χ4v) is 2.84. The summed E-state index contributed by atoms with van der Waals surface area (Å²) >= 11 is 0. The lowest BCUT2D eigenvalue weighted by Crippen LogP contribution is -2.24. The van der Waals surface area contributed by atoms with E-state index in [1.54, 1.807) is 24.5 Å². The number of aromatic nitrogens is 2. The smallest absolute Gasteiger partial charge is 0.272 e. The molecule has 0 spiro atoms. The molecule has 3 heterocycles. The van der Waals surface area contributed by atoms with Crippen molar-refractivity contribution in [2.24, 2.45) is 0 Å². The maximum atomic E-state index is 12.1. The van der Waals surface area contributed by atoms with Crippen molar-refractivity contribution in [2.45, 2.75) is 13.0 Å². The summed E-state index contributed by atoms with van der Waals surface area (Å²) in [7, 11) is 0. The van der Waals surface area contributed by atoms with Gasteiger partial charge in [-0.25, -0.2) is 0 Å². The van der Waals surface area contributed by atoms with Crippen LogP contribution in [0.1, 0.15) is 21.8 Å². The van der Waals surface area contributed by atoms with E-state index in [-0.39, 0.29) is 11.6 Å². The topological polar surface area (TPSA) is 71.3 Å². The number of para-hydroxylation sites is 1. The van der Waals surface area contributed by atoms with Crippen molar-refractivity contribution in [3.05, 3.63) is 71.8 Å². The Labute approximate surface area is 139 Å². The van der Waals surface area contributed by atoms with E-state index < -0.39 is 0 Å². The Morgan fingerprint density at radius 3 is 2.83 bits per heavy atom. The van der Waals surface area contributed by atoms with Crippen molar-refractivity contribution < 1.29 is 9.21 Å². The molecular weight excluding hydrogens is 304 g/mol. The van der Waals surface area contributed by atoms with E-state index in [4.69, 9.17) is 4.42 Å². The Hall–Kier alpha value is -3.15. The normalized spacial score (nSPS) is 12.9. The van der Waals surface area contributed by atoms with Crippen molar-refractivity contribution in [3.8, 4) is 0 Å². The van der Waals surface area contributed by atoms with Crippen LogP contribution in [0.5, 0.6) is 0 Å². The summed E-state index contributed by atoms with van der Waals surface area (Å²) in [6.45, 7) is 1.20. The van der Waals surface area contributed by atoms with Crippen molar-refractivity contribution in [1.29, 1.82) is 0 Å². The van der Waals surface area contributed by atoms with Gasteiger partial charge in [0.25, 0.3) is 5.91 Å². The quantitative estimate of drug-likeness (QED) is 0.800. The molecule has 1 aliphatic rings. The lowest BCUT2D eigenvalue weighted by molar-refractivity contribution is 0.0942. The molecule has 0 aliphatic carbocycles. The molecule has 3 aromatic rings. The molecule has 24 heavy (non-hydrogen) atoms. The highest BCUT2D eigenvalue weighted by Gasteiger charge is 2.21. The van der Waals surface area contributed by atoms with Crippen LogP contribution in [0.15, 0.2) is 59.2 Å². The molecule has 2 aromatic heterocycles. The molecular formula is C18H16N4O2. The summed E-state index contributed by atoms with van der Waals surface area (Å²) in [6, 6.07) is 15.4. The van der Waals surface area contributed by atoms with Crippen molar-refractivity contribution >= 4 is 17.4 Å². The van der Waals surface area contributed by atoms with Crippen LogP contribution < -0.4 is 10.2 Å². The van der Waals surface area contributed by atoms with Crippen LogP contribution in [-0.2, 0) is 13.0 Å². The number of nitrogens with zero attached hydrogens (tertiary/aromatic N) is 3. The Morgan fingerprint density at radius 1 is 1.12 bits per heavy atom. The molecule has 120 valence electrons. The number of furan rings is 1. The average molecular weight is 320 g/mol. The van der Waals surface area contributed by atoms with Crippen LogP contribution in [0, 0.1) is 0 Å². The lowest BCUT2D eigenvalue weighted by atomic mass is 10.2. The number of rotatable bonds is 4. The molecule has 1 amide bonds. The minimum atomic E-state index is -0.271. The zero-order valence-corrected chi connectivity index (χ0v) is 13.0. The fraction of sp³-hybridized carbons (Fsp3) is 0.167. The Balaban J connectivity index is 1.46. The Kier molecular flexibility index (Phi) is 3.70.